The zero-order valence-electron chi connectivity index (χ0n) is 16.4. The summed E-state index contributed by atoms with van der Waals surface area (Å²) in [6.45, 7) is 8.18. The van der Waals surface area contributed by atoms with Crippen molar-refractivity contribution in [3.63, 3.8) is 0 Å². The van der Waals surface area contributed by atoms with Gasteiger partial charge in [0, 0.05) is 37.6 Å². The number of likely N-dealkylation sites (N-methyl/N-ethyl adjacent to an activating group) is 1. The summed E-state index contributed by atoms with van der Waals surface area (Å²) < 4.78 is 5.88. The van der Waals surface area contributed by atoms with E-state index < -0.39 is 6.10 Å². The Morgan fingerprint density at radius 1 is 1.11 bits per heavy atom. The molecule has 0 bridgehead atoms. The highest BCUT2D eigenvalue weighted by molar-refractivity contribution is 5.94. The van der Waals surface area contributed by atoms with Gasteiger partial charge in [-0.25, -0.2) is 0 Å². The molecule has 2 aromatic carbocycles. The standard InChI is InChI=1S/C22H29N3O2/c1-4-21(27-20-7-5-6-17(2)16-20)22(26)23-18-8-10-19(11-9-18)25-14-12-24(3)13-15-25/h5-11,16,21H,4,12-15H2,1-3H3,(H,23,26)/t21-/m0/s1. The largest absolute Gasteiger partial charge is 0.481 e. The Labute approximate surface area is 161 Å². The number of carbonyl (C=O) groups is 1. The van der Waals surface area contributed by atoms with E-state index in [1.54, 1.807) is 0 Å². The van der Waals surface area contributed by atoms with Crippen molar-refractivity contribution in [2.75, 3.05) is 43.4 Å². The van der Waals surface area contributed by atoms with E-state index in [-0.39, 0.29) is 5.91 Å². The van der Waals surface area contributed by atoms with Gasteiger partial charge in [-0.2, -0.15) is 0 Å². The molecular formula is C22H29N3O2. The van der Waals surface area contributed by atoms with E-state index in [1.165, 1.54) is 5.69 Å². The lowest BCUT2D eigenvalue weighted by Gasteiger charge is -2.34. The van der Waals surface area contributed by atoms with Crippen molar-refractivity contribution in [2.24, 2.45) is 0 Å². The highest BCUT2D eigenvalue weighted by Gasteiger charge is 2.19. The molecule has 1 fully saturated rings. The number of piperazine rings is 1. The second-order valence-electron chi connectivity index (χ2n) is 7.16. The lowest BCUT2D eigenvalue weighted by Crippen LogP contribution is -2.44. The van der Waals surface area contributed by atoms with Crippen molar-refractivity contribution in [1.82, 2.24) is 4.90 Å². The first kappa shape index (κ1) is 19.2. The summed E-state index contributed by atoms with van der Waals surface area (Å²) >= 11 is 0. The number of aryl methyl sites for hydroxylation is 1. The van der Waals surface area contributed by atoms with Gasteiger partial charge in [-0.1, -0.05) is 19.1 Å². The molecule has 144 valence electrons. The molecule has 0 spiro atoms. The second-order valence-corrected chi connectivity index (χ2v) is 7.16. The third-order valence-corrected chi connectivity index (χ3v) is 4.93. The van der Waals surface area contributed by atoms with Crippen molar-refractivity contribution >= 4 is 17.3 Å². The molecule has 27 heavy (non-hydrogen) atoms. The fraction of sp³-hybridized carbons (Fsp3) is 0.409. The van der Waals surface area contributed by atoms with Gasteiger partial charge in [0.2, 0.25) is 0 Å². The average molecular weight is 367 g/mol. The molecule has 0 unspecified atom stereocenters. The number of nitrogens with one attached hydrogen (secondary N) is 1. The Hall–Kier alpha value is -2.53. The molecule has 1 atom stereocenters. The Morgan fingerprint density at radius 2 is 1.81 bits per heavy atom. The molecule has 3 rings (SSSR count). The topological polar surface area (TPSA) is 44.8 Å². The first-order chi connectivity index (χ1) is 13.0. The summed E-state index contributed by atoms with van der Waals surface area (Å²) in [7, 11) is 2.15. The average Bonchev–Trinajstić information content (AvgIpc) is 2.67. The minimum Gasteiger partial charge on any atom is -0.481 e. The third-order valence-electron chi connectivity index (χ3n) is 4.93. The summed E-state index contributed by atoms with van der Waals surface area (Å²) in [4.78, 5) is 17.3. The minimum atomic E-state index is -0.510. The Kier molecular flexibility index (Phi) is 6.35. The Morgan fingerprint density at radius 3 is 2.44 bits per heavy atom. The molecule has 1 aliphatic rings. The van der Waals surface area contributed by atoms with Crippen LogP contribution in [0.1, 0.15) is 18.9 Å². The van der Waals surface area contributed by atoms with Crippen LogP contribution in [0, 0.1) is 6.92 Å². The summed E-state index contributed by atoms with van der Waals surface area (Å²) in [5.74, 6) is 0.605. The van der Waals surface area contributed by atoms with Crippen LogP contribution >= 0.6 is 0 Å². The van der Waals surface area contributed by atoms with Crippen LogP contribution in [0.5, 0.6) is 5.75 Å². The van der Waals surface area contributed by atoms with Crippen LogP contribution in [0.2, 0.25) is 0 Å². The SMILES string of the molecule is CC[C@H](Oc1cccc(C)c1)C(=O)Nc1ccc(N2CCN(C)CC2)cc1. The van der Waals surface area contributed by atoms with E-state index >= 15 is 0 Å². The predicted molar refractivity (Wildman–Crippen MR) is 111 cm³/mol. The lowest BCUT2D eigenvalue weighted by atomic mass is 10.2. The molecule has 1 amide bonds. The van der Waals surface area contributed by atoms with Crippen LogP contribution in [0.25, 0.3) is 0 Å². The number of nitrogens with zero attached hydrogens (tertiary/aromatic N) is 2. The number of hydrogen-bond donors (Lipinski definition) is 1. The van der Waals surface area contributed by atoms with Crippen LogP contribution in [-0.4, -0.2) is 50.1 Å². The summed E-state index contributed by atoms with van der Waals surface area (Å²) in [5.41, 5.74) is 3.11. The molecule has 1 heterocycles. The van der Waals surface area contributed by atoms with E-state index in [2.05, 4.69) is 34.3 Å². The molecule has 5 heteroatoms. The van der Waals surface area contributed by atoms with Gasteiger partial charge in [-0.3, -0.25) is 4.79 Å². The maximum Gasteiger partial charge on any atom is 0.265 e. The zero-order valence-corrected chi connectivity index (χ0v) is 16.4. The quantitative estimate of drug-likeness (QED) is 0.848. The van der Waals surface area contributed by atoms with E-state index in [1.807, 2.05) is 50.2 Å². The first-order valence-corrected chi connectivity index (χ1v) is 9.63. The maximum atomic E-state index is 12.6. The van der Waals surface area contributed by atoms with Gasteiger partial charge >= 0.3 is 0 Å². The Bertz CT molecular complexity index is 752. The van der Waals surface area contributed by atoms with Crippen molar-refractivity contribution in [3.05, 3.63) is 54.1 Å². The van der Waals surface area contributed by atoms with Gasteiger partial charge in [0.25, 0.3) is 5.91 Å². The normalized spacial score (nSPS) is 16.0. The zero-order chi connectivity index (χ0) is 19.2. The molecule has 0 saturated carbocycles. The number of benzene rings is 2. The molecule has 2 aromatic rings. The maximum absolute atomic E-state index is 12.6. The molecular weight excluding hydrogens is 338 g/mol. The molecule has 1 saturated heterocycles. The number of ether oxygens (including phenoxy) is 1. The lowest BCUT2D eigenvalue weighted by molar-refractivity contribution is -0.122. The van der Waals surface area contributed by atoms with Crippen LogP contribution in [0.4, 0.5) is 11.4 Å². The number of carbonyl (C=O) groups excluding carboxylic acids is 1. The molecule has 5 nitrogen and oxygen atoms in total. The van der Waals surface area contributed by atoms with E-state index in [9.17, 15) is 4.79 Å². The summed E-state index contributed by atoms with van der Waals surface area (Å²) in [6, 6.07) is 15.8. The highest BCUT2D eigenvalue weighted by atomic mass is 16.5. The van der Waals surface area contributed by atoms with Gasteiger partial charge in [0.15, 0.2) is 6.10 Å². The van der Waals surface area contributed by atoms with E-state index in [0.29, 0.717) is 6.42 Å². The van der Waals surface area contributed by atoms with Gasteiger partial charge in [0.1, 0.15) is 5.75 Å². The van der Waals surface area contributed by atoms with Crippen LogP contribution in [0.15, 0.2) is 48.5 Å². The van der Waals surface area contributed by atoms with Crippen molar-refractivity contribution in [3.8, 4) is 5.75 Å². The summed E-state index contributed by atoms with van der Waals surface area (Å²) in [6.07, 6.45) is 0.100. The van der Waals surface area contributed by atoms with Gasteiger partial charge in [-0.05, 0) is 62.4 Å². The molecule has 1 aliphatic heterocycles. The van der Waals surface area contributed by atoms with Gasteiger partial charge in [-0.15, -0.1) is 0 Å². The number of hydrogen-bond acceptors (Lipinski definition) is 4. The number of amides is 1. The third kappa shape index (κ3) is 5.23. The Balaban J connectivity index is 1.59. The molecule has 1 N–H and O–H groups in total. The molecule has 0 aromatic heterocycles. The first-order valence-electron chi connectivity index (χ1n) is 9.63. The van der Waals surface area contributed by atoms with Gasteiger partial charge < -0.3 is 19.9 Å². The van der Waals surface area contributed by atoms with Crippen LogP contribution < -0.4 is 15.0 Å². The van der Waals surface area contributed by atoms with Crippen molar-refractivity contribution in [2.45, 2.75) is 26.4 Å². The molecule has 0 aliphatic carbocycles. The van der Waals surface area contributed by atoms with Crippen LogP contribution in [-0.2, 0) is 4.79 Å². The van der Waals surface area contributed by atoms with E-state index in [0.717, 1.165) is 43.2 Å². The number of anilines is 2. The predicted octanol–water partition coefficient (Wildman–Crippen LogP) is 3.54. The van der Waals surface area contributed by atoms with Gasteiger partial charge in [0.05, 0.1) is 0 Å². The highest BCUT2D eigenvalue weighted by Crippen LogP contribution is 2.20. The fourth-order valence-corrected chi connectivity index (χ4v) is 3.22. The van der Waals surface area contributed by atoms with Crippen molar-refractivity contribution in [1.29, 1.82) is 0 Å². The smallest absolute Gasteiger partial charge is 0.265 e. The van der Waals surface area contributed by atoms with Crippen LogP contribution in [0.3, 0.4) is 0 Å². The fourth-order valence-electron chi connectivity index (χ4n) is 3.22. The van der Waals surface area contributed by atoms with Crippen molar-refractivity contribution < 1.29 is 9.53 Å². The monoisotopic (exact) mass is 367 g/mol. The second kappa shape index (κ2) is 8.91. The minimum absolute atomic E-state index is 0.119. The number of rotatable bonds is 6. The van der Waals surface area contributed by atoms with E-state index in [4.69, 9.17) is 4.74 Å². The molecule has 0 radical (unpaired) electrons. The summed E-state index contributed by atoms with van der Waals surface area (Å²) in [5, 5.41) is 2.97.